The minimum atomic E-state index is -4.03. The summed E-state index contributed by atoms with van der Waals surface area (Å²) in [5.41, 5.74) is 0. The number of dihydropyridines is 1. The summed E-state index contributed by atoms with van der Waals surface area (Å²) in [5.74, 6) is 0. The van der Waals surface area contributed by atoms with Crippen LogP contribution in [0.5, 0.6) is 0 Å². The van der Waals surface area contributed by atoms with E-state index < -0.39 is 24.7 Å². The maximum atomic E-state index is 10.8. The molecule has 0 aromatic heterocycles. The van der Waals surface area contributed by atoms with E-state index >= 15 is 0 Å². The first-order valence-corrected chi connectivity index (χ1v) is 6.47. The fourth-order valence-corrected chi connectivity index (χ4v) is 2.96. The van der Waals surface area contributed by atoms with Crippen molar-refractivity contribution in [3.63, 3.8) is 0 Å². The van der Waals surface area contributed by atoms with Crippen LogP contribution in [0.25, 0.3) is 0 Å². The summed E-state index contributed by atoms with van der Waals surface area (Å²) < 4.78 is 42.7. The van der Waals surface area contributed by atoms with E-state index in [0.717, 1.165) is 6.08 Å². The van der Waals surface area contributed by atoms with Gasteiger partial charge >= 0.3 is 0 Å². The maximum absolute atomic E-state index is 10.8. The zero-order valence-electron chi connectivity index (χ0n) is 6.08. The molecule has 5 nitrogen and oxygen atoms in total. The molecular weight excluding hydrogens is 238 g/mol. The molecule has 1 unspecified atom stereocenters. The Hall–Kier alpha value is -0.660. The highest BCUT2D eigenvalue weighted by molar-refractivity contribution is 8.15. The van der Waals surface area contributed by atoms with Gasteiger partial charge in [0, 0.05) is 16.9 Å². The van der Waals surface area contributed by atoms with Crippen molar-refractivity contribution in [3.05, 3.63) is 12.2 Å². The van der Waals surface area contributed by atoms with Crippen LogP contribution in [0.2, 0.25) is 0 Å². The Morgan fingerprint density at radius 1 is 1.46 bits per heavy atom. The molecule has 8 heteroatoms. The quantitative estimate of drug-likeness (QED) is 0.461. The Labute approximate surface area is 80.7 Å². The molecule has 0 fully saturated rings. The zero-order valence-corrected chi connectivity index (χ0v) is 8.47. The van der Waals surface area contributed by atoms with Crippen molar-refractivity contribution in [1.82, 2.24) is 0 Å². The first kappa shape index (κ1) is 10.4. The number of hydrogen-bond acceptors (Lipinski definition) is 5. The Morgan fingerprint density at radius 2 is 2.08 bits per heavy atom. The van der Waals surface area contributed by atoms with Gasteiger partial charge < -0.3 is 0 Å². The molecule has 0 spiro atoms. The summed E-state index contributed by atoms with van der Waals surface area (Å²) in [6.07, 6.45) is 3.64. The molecule has 0 aliphatic carbocycles. The van der Waals surface area contributed by atoms with Gasteiger partial charge in [-0.15, -0.1) is 0 Å². The molecule has 0 saturated heterocycles. The van der Waals surface area contributed by atoms with Gasteiger partial charge in [0.15, 0.2) is 0 Å². The summed E-state index contributed by atoms with van der Waals surface area (Å²) in [7, 11) is -1.67. The van der Waals surface area contributed by atoms with Gasteiger partial charge in [0.2, 0.25) is 15.7 Å². The van der Waals surface area contributed by atoms with Crippen LogP contribution in [0.4, 0.5) is 0 Å². The average molecular weight is 242 g/mol. The van der Waals surface area contributed by atoms with Crippen molar-refractivity contribution in [2.24, 2.45) is 4.99 Å². The van der Waals surface area contributed by atoms with Crippen LogP contribution in [0, 0.1) is 0 Å². The van der Waals surface area contributed by atoms with E-state index in [1.165, 1.54) is 12.3 Å². The first-order chi connectivity index (χ1) is 5.93. The predicted molar refractivity (Wildman–Crippen MR) is 50.1 cm³/mol. The predicted octanol–water partition coefficient (Wildman–Crippen LogP) is -0.427. The van der Waals surface area contributed by atoms with Crippen LogP contribution >= 0.6 is 10.7 Å². The maximum Gasteiger partial charge on any atom is 0.260 e. The summed E-state index contributed by atoms with van der Waals surface area (Å²) >= 11 is 0. The molecule has 1 atom stereocenters. The topological polar surface area (TPSA) is 80.6 Å². The highest BCUT2D eigenvalue weighted by Gasteiger charge is 2.28. The molecule has 0 radical (unpaired) electrons. The second kappa shape index (κ2) is 3.60. The van der Waals surface area contributed by atoms with Crippen molar-refractivity contribution in [2.45, 2.75) is 5.37 Å². The molecule has 0 amide bonds. The van der Waals surface area contributed by atoms with E-state index in [-0.39, 0.29) is 4.86 Å². The fraction of sp³-hybridized carbons (Fsp3) is 0.200. The lowest BCUT2D eigenvalue weighted by Crippen LogP contribution is -2.26. The molecule has 72 valence electrons. The largest absolute Gasteiger partial charge is 0.266 e. The van der Waals surface area contributed by atoms with Gasteiger partial charge in [-0.25, -0.2) is 8.42 Å². The summed E-state index contributed by atoms with van der Waals surface area (Å²) in [4.78, 5) is 3.09. The SMILES string of the molecule is O=S(=O)=C1C=CC=NC1S(=O)(=O)Cl. The number of nitrogens with zero attached hydrogens (tertiary/aromatic N) is 1. The molecule has 1 aliphatic heterocycles. The van der Waals surface area contributed by atoms with Crippen LogP contribution in [-0.4, -0.2) is 33.3 Å². The number of hydrogen-bond donors (Lipinski definition) is 0. The molecular formula is C5H4ClNO4S2. The lowest BCUT2D eigenvalue weighted by Gasteiger charge is -2.07. The van der Waals surface area contributed by atoms with Crippen LogP contribution in [0.15, 0.2) is 17.1 Å². The summed E-state index contributed by atoms with van der Waals surface area (Å²) in [5, 5.41) is -1.52. The monoisotopic (exact) mass is 241 g/mol. The van der Waals surface area contributed by atoms with Crippen molar-refractivity contribution >= 4 is 41.1 Å². The van der Waals surface area contributed by atoms with Gasteiger partial charge in [-0.05, 0) is 12.2 Å². The smallest absolute Gasteiger partial charge is 0.260 e. The van der Waals surface area contributed by atoms with Gasteiger partial charge in [-0.2, -0.15) is 8.42 Å². The second-order valence-corrected chi connectivity index (χ2v) is 5.75. The minimum Gasteiger partial charge on any atom is -0.266 e. The second-order valence-electron chi connectivity index (χ2n) is 2.12. The Morgan fingerprint density at radius 3 is 2.46 bits per heavy atom. The lowest BCUT2D eigenvalue weighted by atomic mass is 10.3. The van der Waals surface area contributed by atoms with Crippen LogP contribution in [0.1, 0.15) is 0 Å². The molecule has 0 aromatic rings. The van der Waals surface area contributed by atoms with Crippen LogP contribution < -0.4 is 0 Å². The van der Waals surface area contributed by atoms with Gasteiger partial charge in [0.1, 0.15) is 4.86 Å². The average Bonchev–Trinajstić information content (AvgIpc) is 2.03. The van der Waals surface area contributed by atoms with E-state index in [4.69, 9.17) is 10.7 Å². The number of aliphatic imine (C=N–C) groups is 1. The Balaban J connectivity index is 3.36. The fourth-order valence-electron chi connectivity index (χ4n) is 0.771. The standard InChI is InChI=1S/C5H4ClNO4S2/c6-13(10,11)5-4(12(8)9)2-1-3-7-5/h1-3,5H. The molecule has 1 rings (SSSR count). The molecule has 0 saturated carbocycles. The van der Waals surface area contributed by atoms with Crippen molar-refractivity contribution in [2.75, 3.05) is 0 Å². The van der Waals surface area contributed by atoms with Crippen molar-refractivity contribution in [1.29, 1.82) is 0 Å². The third-order valence-corrected chi connectivity index (χ3v) is 3.58. The Kier molecular flexibility index (Phi) is 2.89. The van der Waals surface area contributed by atoms with E-state index in [1.54, 1.807) is 0 Å². The highest BCUT2D eigenvalue weighted by atomic mass is 35.7. The van der Waals surface area contributed by atoms with Crippen LogP contribution in [-0.2, 0) is 19.3 Å². The molecule has 0 aromatic carbocycles. The van der Waals surface area contributed by atoms with Gasteiger partial charge in [-0.1, -0.05) is 0 Å². The van der Waals surface area contributed by atoms with Gasteiger partial charge in [0.25, 0.3) is 9.05 Å². The van der Waals surface area contributed by atoms with E-state index in [0.29, 0.717) is 0 Å². The van der Waals surface area contributed by atoms with Gasteiger partial charge in [-0.3, -0.25) is 4.99 Å². The molecule has 0 N–H and O–H groups in total. The van der Waals surface area contributed by atoms with Crippen molar-refractivity contribution < 1.29 is 16.8 Å². The molecule has 1 heterocycles. The number of halogens is 1. The number of allylic oxidation sites excluding steroid dienone is 1. The summed E-state index contributed by atoms with van der Waals surface area (Å²) in [6.45, 7) is 0. The molecule has 13 heavy (non-hydrogen) atoms. The first-order valence-electron chi connectivity index (χ1n) is 3.02. The number of rotatable bonds is 1. The lowest BCUT2D eigenvalue weighted by molar-refractivity contribution is 0.605. The van der Waals surface area contributed by atoms with E-state index in [9.17, 15) is 16.8 Å². The Bertz CT molecular complexity index is 491. The highest BCUT2D eigenvalue weighted by Crippen LogP contribution is 2.13. The third-order valence-electron chi connectivity index (χ3n) is 1.27. The van der Waals surface area contributed by atoms with E-state index in [1.807, 2.05) is 0 Å². The third kappa shape index (κ3) is 2.39. The zero-order chi connectivity index (χ0) is 10.1. The molecule has 1 aliphatic rings. The van der Waals surface area contributed by atoms with Crippen LogP contribution in [0.3, 0.4) is 0 Å². The van der Waals surface area contributed by atoms with Gasteiger partial charge in [0.05, 0.1) is 0 Å². The minimum absolute atomic E-state index is 0.350. The summed E-state index contributed by atoms with van der Waals surface area (Å²) in [6, 6.07) is 0. The van der Waals surface area contributed by atoms with Crippen molar-refractivity contribution in [3.8, 4) is 0 Å². The normalized spacial score (nSPS) is 21.9. The molecule has 0 bridgehead atoms. The van der Waals surface area contributed by atoms with E-state index in [2.05, 4.69) is 4.99 Å².